The predicted octanol–water partition coefficient (Wildman–Crippen LogP) is 2.17. The molecule has 18 heavy (non-hydrogen) atoms. The van der Waals surface area contributed by atoms with Gasteiger partial charge < -0.3 is 9.84 Å². The Morgan fingerprint density at radius 3 is 2.39 bits per heavy atom. The normalized spacial score (nSPS) is 14.3. The Hall–Kier alpha value is -1.55. The number of ether oxygens (including phenoxy) is 1. The van der Waals surface area contributed by atoms with Gasteiger partial charge in [0.2, 0.25) is 0 Å². The lowest BCUT2D eigenvalue weighted by Crippen LogP contribution is -2.50. The first-order valence-corrected chi connectivity index (χ1v) is 6.14. The Morgan fingerprint density at radius 1 is 1.39 bits per heavy atom. The van der Waals surface area contributed by atoms with Gasteiger partial charge in [0.15, 0.2) is 0 Å². The zero-order valence-electron chi connectivity index (χ0n) is 11.4. The van der Waals surface area contributed by atoms with Gasteiger partial charge in [0.25, 0.3) is 0 Å². The summed E-state index contributed by atoms with van der Waals surface area (Å²) in [5.41, 5.74) is -0.134. The predicted molar refractivity (Wildman–Crippen MR) is 70.4 cm³/mol. The average molecular weight is 251 g/mol. The van der Waals surface area contributed by atoms with Crippen LogP contribution in [0.5, 0.6) is 5.75 Å². The van der Waals surface area contributed by atoms with Gasteiger partial charge >= 0.3 is 5.97 Å². The number of carbonyl (C=O) groups is 1. The number of aromatic hydroxyl groups is 1. The van der Waals surface area contributed by atoms with Gasteiger partial charge in [-0.2, -0.15) is 0 Å². The molecule has 2 N–H and O–H groups in total. The van der Waals surface area contributed by atoms with Gasteiger partial charge in [0, 0.05) is 6.04 Å². The fourth-order valence-corrected chi connectivity index (χ4v) is 1.91. The van der Waals surface area contributed by atoms with Crippen molar-refractivity contribution in [3.63, 3.8) is 0 Å². The molecule has 4 heteroatoms. The maximum atomic E-state index is 12.1. The molecule has 0 aromatic heterocycles. The molecule has 0 bridgehead atoms. The molecule has 0 aliphatic heterocycles. The fraction of sp³-hybridized carbons (Fsp3) is 0.500. The summed E-state index contributed by atoms with van der Waals surface area (Å²) in [5.74, 6) is -0.140. The minimum Gasteiger partial charge on any atom is -0.508 e. The van der Waals surface area contributed by atoms with Crippen LogP contribution in [0.15, 0.2) is 24.3 Å². The Morgan fingerprint density at radius 2 is 1.94 bits per heavy atom. The monoisotopic (exact) mass is 251 g/mol. The highest BCUT2D eigenvalue weighted by atomic mass is 16.5. The first-order chi connectivity index (χ1) is 8.40. The molecule has 0 aliphatic rings. The number of phenolic OH excluding ortho intramolecular Hbond substituents is 1. The standard InChI is InChI=1S/C14H21NO3/c1-5-18-13(17)14(4,15-10(2)3)11-6-8-12(16)9-7-11/h6-10,15-16H,5H2,1-4H3. The minimum absolute atomic E-state index is 0.133. The topological polar surface area (TPSA) is 58.6 Å². The lowest BCUT2D eigenvalue weighted by Gasteiger charge is -2.31. The summed E-state index contributed by atoms with van der Waals surface area (Å²) in [5, 5.41) is 12.5. The third-order valence-corrected chi connectivity index (χ3v) is 2.71. The van der Waals surface area contributed by atoms with E-state index in [1.165, 1.54) is 0 Å². The van der Waals surface area contributed by atoms with Gasteiger partial charge in [-0.15, -0.1) is 0 Å². The summed E-state index contributed by atoms with van der Waals surface area (Å²) in [6.07, 6.45) is 0. The second kappa shape index (κ2) is 5.87. The van der Waals surface area contributed by atoms with Gasteiger partial charge in [0.05, 0.1) is 6.61 Å². The Bertz CT molecular complexity index is 400. The third-order valence-electron chi connectivity index (χ3n) is 2.71. The highest BCUT2D eigenvalue weighted by Crippen LogP contribution is 2.25. The van der Waals surface area contributed by atoms with E-state index in [4.69, 9.17) is 4.74 Å². The molecule has 0 fully saturated rings. The van der Waals surface area contributed by atoms with Crippen LogP contribution in [0.2, 0.25) is 0 Å². The number of carbonyl (C=O) groups excluding carboxylic acids is 1. The van der Waals surface area contributed by atoms with Crippen LogP contribution in [0.1, 0.15) is 33.3 Å². The molecule has 0 heterocycles. The van der Waals surface area contributed by atoms with Crippen molar-refractivity contribution in [2.45, 2.75) is 39.3 Å². The second-order valence-corrected chi connectivity index (χ2v) is 4.69. The van der Waals surface area contributed by atoms with Gasteiger partial charge in [-0.25, -0.2) is 4.79 Å². The maximum Gasteiger partial charge on any atom is 0.330 e. The van der Waals surface area contributed by atoms with Gasteiger partial charge in [-0.05, 0) is 45.4 Å². The first-order valence-electron chi connectivity index (χ1n) is 6.14. The molecule has 0 aliphatic carbocycles. The largest absolute Gasteiger partial charge is 0.508 e. The molecule has 1 aromatic rings. The van der Waals surface area contributed by atoms with E-state index >= 15 is 0 Å². The summed E-state index contributed by atoms with van der Waals surface area (Å²) in [7, 11) is 0. The Kier molecular flexibility index (Phi) is 4.73. The van der Waals surface area contributed by atoms with Gasteiger partial charge in [-0.3, -0.25) is 5.32 Å². The molecule has 100 valence electrons. The molecule has 4 nitrogen and oxygen atoms in total. The molecular formula is C14H21NO3. The van der Waals surface area contributed by atoms with E-state index in [2.05, 4.69) is 5.32 Å². The summed E-state index contributed by atoms with van der Waals surface area (Å²) in [6, 6.07) is 6.71. The van der Waals surface area contributed by atoms with Crippen LogP contribution >= 0.6 is 0 Å². The number of hydrogen-bond acceptors (Lipinski definition) is 4. The van der Waals surface area contributed by atoms with E-state index in [1.54, 1.807) is 38.1 Å². The van der Waals surface area contributed by atoms with Crippen molar-refractivity contribution in [3.8, 4) is 5.75 Å². The average Bonchev–Trinajstić information content (AvgIpc) is 2.29. The van der Waals surface area contributed by atoms with E-state index in [0.29, 0.717) is 6.61 Å². The second-order valence-electron chi connectivity index (χ2n) is 4.69. The summed E-state index contributed by atoms with van der Waals surface area (Å²) < 4.78 is 5.13. The van der Waals surface area contributed by atoms with Crippen molar-refractivity contribution >= 4 is 5.97 Å². The number of nitrogens with one attached hydrogen (secondary N) is 1. The molecule has 1 rings (SSSR count). The van der Waals surface area contributed by atoms with Crippen molar-refractivity contribution < 1.29 is 14.6 Å². The third kappa shape index (κ3) is 3.23. The smallest absolute Gasteiger partial charge is 0.330 e. The van der Waals surface area contributed by atoms with Gasteiger partial charge in [-0.1, -0.05) is 12.1 Å². The molecule has 1 aromatic carbocycles. The number of rotatable bonds is 5. The molecule has 0 spiro atoms. The van der Waals surface area contributed by atoms with Crippen LogP contribution in [0.25, 0.3) is 0 Å². The number of esters is 1. The van der Waals surface area contributed by atoms with E-state index < -0.39 is 5.54 Å². The SMILES string of the molecule is CCOC(=O)C(C)(NC(C)C)c1ccc(O)cc1. The van der Waals surface area contributed by atoms with E-state index in [9.17, 15) is 9.90 Å². The lowest BCUT2D eigenvalue weighted by atomic mass is 9.91. The van der Waals surface area contributed by atoms with Crippen molar-refractivity contribution in [3.05, 3.63) is 29.8 Å². The number of benzene rings is 1. The highest BCUT2D eigenvalue weighted by Gasteiger charge is 2.37. The maximum absolute atomic E-state index is 12.1. The van der Waals surface area contributed by atoms with E-state index in [-0.39, 0.29) is 17.8 Å². The van der Waals surface area contributed by atoms with Crippen molar-refractivity contribution in [2.24, 2.45) is 0 Å². The lowest BCUT2D eigenvalue weighted by molar-refractivity contribution is -0.151. The van der Waals surface area contributed by atoms with E-state index in [1.807, 2.05) is 13.8 Å². The molecule has 0 amide bonds. The van der Waals surface area contributed by atoms with Crippen molar-refractivity contribution in [1.82, 2.24) is 5.32 Å². The molecule has 0 saturated carbocycles. The Balaban J connectivity index is 3.10. The van der Waals surface area contributed by atoms with E-state index in [0.717, 1.165) is 5.56 Å². The van der Waals surface area contributed by atoms with Crippen LogP contribution in [0, 0.1) is 0 Å². The van der Waals surface area contributed by atoms with Crippen molar-refractivity contribution in [2.75, 3.05) is 6.61 Å². The fourth-order valence-electron chi connectivity index (χ4n) is 1.91. The molecule has 1 atom stereocenters. The first kappa shape index (κ1) is 14.5. The quantitative estimate of drug-likeness (QED) is 0.787. The van der Waals surface area contributed by atoms with Crippen LogP contribution in [0.4, 0.5) is 0 Å². The van der Waals surface area contributed by atoms with Crippen LogP contribution in [-0.4, -0.2) is 23.7 Å². The zero-order valence-corrected chi connectivity index (χ0v) is 11.4. The summed E-state index contributed by atoms with van der Waals surface area (Å²) in [6.45, 7) is 7.85. The minimum atomic E-state index is -0.905. The van der Waals surface area contributed by atoms with Crippen LogP contribution < -0.4 is 5.32 Å². The zero-order chi connectivity index (χ0) is 13.8. The summed E-state index contributed by atoms with van der Waals surface area (Å²) >= 11 is 0. The molecule has 0 saturated heterocycles. The van der Waals surface area contributed by atoms with Crippen molar-refractivity contribution in [1.29, 1.82) is 0 Å². The number of phenols is 1. The number of hydrogen-bond donors (Lipinski definition) is 2. The van der Waals surface area contributed by atoms with Crippen LogP contribution in [0.3, 0.4) is 0 Å². The highest BCUT2D eigenvalue weighted by molar-refractivity contribution is 5.82. The summed E-state index contributed by atoms with van der Waals surface area (Å²) in [4.78, 5) is 12.1. The van der Waals surface area contributed by atoms with Crippen LogP contribution in [-0.2, 0) is 15.1 Å². The molecular weight excluding hydrogens is 230 g/mol. The molecule has 1 unspecified atom stereocenters. The van der Waals surface area contributed by atoms with Gasteiger partial charge in [0.1, 0.15) is 11.3 Å². The Labute approximate surface area is 108 Å². The molecule has 0 radical (unpaired) electrons.